The van der Waals surface area contributed by atoms with Gasteiger partial charge in [-0.15, -0.1) is 0 Å². The SMILES string of the molecule is CCn1nc(C)c(N)c1C(=O)NC1CC(C)CC(C)C1. The van der Waals surface area contributed by atoms with Gasteiger partial charge in [-0.3, -0.25) is 9.48 Å². The van der Waals surface area contributed by atoms with E-state index >= 15 is 0 Å². The first-order chi connectivity index (χ1) is 9.42. The summed E-state index contributed by atoms with van der Waals surface area (Å²) in [5.74, 6) is 1.25. The van der Waals surface area contributed by atoms with Gasteiger partial charge in [0.05, 0.1) is 11.4 Å². The number of nitrogen functional groups attached to an aromatic ring is 1. The predicted octanol–water partition coefficient (Wildman–Crippen LogP) is 2.35. The molecule has 1 aliphatic carbocycles. The molecule has 1 aromatic heterocycles. The maximum Gasteiger partial charge on any atom is 0.271 e. The number of hydrogen-bond acceptors (Lipinski definition) is 3. The monoisotopic (exact) mass is 278 g/mol. The lowest BCUT2D eigenvalue weighted by Gasteiger charge is -2.32. The lowest BCUT2D eigenvalue weighted by Crippen LogP contribution is -2.41. The van der Waals surface area contributed by atoms with Crippen LogP contribution in [-0.4, -0.2) is 21.7 Å². The summed E-state index contributed by atoms with van der Waals surface area (Å²) in [6, 6.07) is 0.251. The average Bonchev–Trinajstić information content (AvgIpc) is 2.63. The van der Waals surface area contributed by atoms with Crippen LogP contribution in [0.25, 0.3) is 0 Å². The van der Waals surface area contributed by atoms with Gasteiger partial charge in [-0.05, 0) is 44.9 Å². The molecule has 112 valence electrons. The Labute approximate surface area is 120 Å². The molecule has 2 rings (SSSR count). The van der Waals surface area contributed by atoms with Crippen molar-refractivity contribution < 1.29 is 4.79 Å². The highest BCUT2D eigenvalue weighted by molar-refractivity contribution is 5.98. The standard InChI is InChI=1S/C15H26N4O/c1-5-19-14(13(16)11(4)18-19)15(20)17-12-7-9(2)6-10(3)8-12/h9-10,12H,5-8,16H2,1-4H3,(H,17,20). The van der Waals surface area contributed by atoms with Crippen LogP contribution in [0.2, 0.25) is 0 Å². The number of aryl methyl sites for hydroxylation is 2. The van der Waals surface area contributed by atoms with Crippen LogP contribution in [-0.2, 0) is 6.54 Å². The molecule has 0 spiro atoms. The number of nitrogens with two attached hydrogens (primary N) is 1. The zero-order valence-electron chi connectivity index (χ0n) is 12.9. The first-order valence-electron chi connectivity index (χ1n) is 7.56. The number of hydrogen-bond donors (Lipinski definition) is 2. The minimum Gasteiger partial charge on any atom is -0.395 e. The van der Waals surface area contributed by atoms with Gasteiger partial charge in [0.1, 0.15) is 5.69 Å². The molecule has 1 heterocycles. The fourth-order valence-electron chi connectivity index (χ4n) is 3.38. The smallest absolute Gasteiger partial charge is 0.271 e. The molecule has 5 nitrogen and oxygen atoms in total. The van der Waals surface area contributed by atoms with Crippen LogP contribution in [0.15, 0.2) is 0 Å². The van der Waals surface area contributed by atoms with Gasteiger partial charge in [0.15, 0.2) is 0 Å². The van der Waals surface area contributed by atoms with Gasteiger partial charge in [0.25, 0.3) is 5.91 Å². The quantitative estimate of drug-likeness (QED) is 0.891. The van der Waals surface area contributed by atoms with Crippen molar-refractivity contribution in [1.82, 2.24) is 15.1 Å². The summed E-state index contributed by atoms with van der Waals surface area (Å²) in [6.07, 6.45) is 3.35. The second kappa shape index (κ2) is 5.85. The lowest BCUT2D eigenvalue weighted by molar-refractivity contribution is 0.0901. The van der Waals surface area contributed by atoms with Gasteiger partial charge in [-0.25, -0.2) is 0 Å². The molecule has 1 amide bonds. The molecule has 3 N–H and O–H groups in total. The van der Waals surface area contributed by atoms with Gasteiger partial charge < -0.3 is 11.1 Å². The third-order valence-corrected chi connectivity index (χ3v) is 4.20. The summed E-state index contributed by atoms with van der Waals surface area (Å²) in [5, 5.41) is 7.45. The highest BCUT2D eigenvalue weighted by Crippen LogP contribution is 2.29. The van der Waals surface area contributed by atoms with Crippen molar-refractivity contribution in [3.05, 3.63) is 11.4 Å². The van der Waals surface area contributed by atoms with E-state index in [-0.39, 0.29) is 11.9 Å². The van der Waals surface area contributed by atoms with Crippen molar-refractivity contribution >= 4 is 11.6 Å². The van der Waals surface area contributed by atoms with Crippen molar-refractivity contribution in [2.75, 3.05) is 5.73 Å². The summed E-state index contributed by atoms with van der Waals surface area (Å²) in [6.45, 7) is 8.96. The van der Waals surface area contributed by atoms with E-state index in [0.29, 0.717) is 29.8 Å². The minimum absolute atomic E-state index is 0.0868. The van der Waals surface area contributed by atoms with E-state index in [0.717, 1.165) is 18.5 Å². The molecule has 2 atom stereocenters. The molecule has 2 unspecified atom stereocenters. The Kier molecular flexibility index (Phi) is 4.35. The van der Waals surface area contributed by atoms with E-state index in [1.165, 1.54) is 6.42 Å². The van der Waals surface area contributed by atoms with Crippen molar-refractivity contribution in [3.63, 3.8) is 0 Å². The van der Waals surface area contributed by atoms with Crippen LogP contribution >= 0.6 is 0 Å². The van der Waals surface area contributed by atoms with Crippen LogP contribution in [0.1, 0.15) is 56.2 Å². The topological polar surface area (TPSA) is 72.9 Å². The van der Waals surface area contributed by atoms with Crippen molar-refractivity contribution in [3.8, 4) is 0 Å². The molecule has 1 aromatic rings. The Morgan fingerprint density at radius 1 is 1.35 bits per heavy atom. The van der Waals surface area contributed by atoms with E-state index in [4.69, 9.17) is 5.73 Å². The van der Waals surface area contributed by atoms with E-state index in [1.54, 1.807) is 4.68 Å². The molecular weight excluding hydrogens is 252 g/mol. The Morgan fingerprint density at radius 2 is 1.95 bits per heavy atom. The summed E-state index contributed by atoms with van der Waals surface area (Å²) in [5.41, 5.74) is 7.73. The molecule has 0 saturated heterocycles. The third kappa shape index (κ3) is 2.97. The van der Waals surface area contributed by atoms with Gasteiger partial charge in [-0.2, -0.15) is 5.10 Å². The first kappa shape index (κ1) is 14.9. The molecule has 0 radical (unpaired) electrons. The molecular formula is C15H26N4O. The Bertz CT molecular complexity index is 484. The van der Waals surface area contributed by atoms with Crippen LogP contribution in [0.4, 0.5) is 5.69 Å². The maximum atomic E-state index is 12.5. The highest BCUT2D eigenvalue weighted by atomic mass is 16.2. The number of aromatic nitrogens is 2. The lowest BCUT2D eigenvalue weighted by atomic mass is 9.80. The summed E-state index contributed by atoms with van der Waals surface area (Å²) >= 11 is 0. The number of amides is 1. The molecule has 0 aliphatic heterocycles. The van der Waals surface area contributed by atoms with Crippen LogP contribution in [0, 0.1) is 18.8 Å². The Balaban J connectivity index is 2.12. The predicted molar refractivity (Wildman–Crippen MR) is 80.5 cm³/mol. The largest absolute Gasteiger partial charge is 0.395 e. The average molecular weight is 278 g/mol. The van der Waals surface area contributed by atoms with Gasteiger partial charge in [0, 0.05) is 12.6 Å². The molecule has 0 aromatic carbocycles. The summed E-state index contributed by atoms with van der Waals surface area (Å²) in [4.78, 5) is 12.5. The highest BCUT2D eigenvalue weighted by Gasteiger charge is 2.27. The number of carbonyl (C=O) groups is 1. The van der Waals surface area contributed by atoms with Crippen LogP contribution in [0.5, 0.6) is 0 Å². The number of nitrogens with zero attached hydrogens (tertiary/aromatic N) is 2. The van der Waals surface area contributed by atoms with E-state index in [2.05, 4.69) is 24.3 Å². The number of anilines is 1. The molecule has 0 bridgehead atoms. The molecule has 1 aliphatic rings. The maximum absolute atomic E-state index is 12.5. The van der Waals surface area contributed by atoms with Crippen molar-refractivity contribution in [2.45, 2.75) is 59.5 Å². The van der Waals surface area contributed by atoms with Crippen molar-refractivity contribution in [1.29, 1.82) is 0 Å². The Hall–Kier alpha value is -1.52. The van der Waals surface area contributed by atoms with E-state index in [1.807, 2.05) is 13.8 Å². The third-order valence-electron chi connectivity index (χ3n) is 4.20. The minimum atomic E-state index is -0.0868. The number of rotatable bonds is 3. The zero-order valence-corrected chi connectivity index (χ0v) is 12.9. The summed E-state index contributed by atoms with van der Waals surface area (Å²) in [7, 11) is 0. The first-order valence-corrected chi connectivity index (χ1v) is 7.56. The normalized spacial score (nSPS) is 26.5. The van der Waals surface area contributed by atoms with E-state index < -0.39 is 0 Å². The van der Waals surface area contributed by atoms with Crippen molar-refractivity contribution in [2.24, 2.45) is 11.8 Å². The molecule has 1 saturated carbocycles. The second-order valence-corrected chi connectivity index (χ2v) is 6.25. The Morgan fingerprint density at radius 3 is 2.50 bits per heavy atom. The summed E-state index contributed by atoms with van der Waals surface area (Å²) < 4.78 is 1.69. The van der Waals surface area contributed by atoms with Gasteiger partial charge in [-0.1, -0.05) is 13.8 Å². The van der Waals surface area contributed by atoms with Crippen LogP contribution < -0.4 is 11.1 Å². The second-order valence-electron chi connectivity index (χ2n) is 6.25. The van der Waals surface area contributed by atoms with Gasteiger partial charge in [0.2, 0.25) is 0 Å². The zero-order chi connectivity index (χ0) is 14.9. The number of carbonyl (C=O) groups excluding carboxylic acids is 1. The molecule has 20 heavy (non-hydrogen) atoms. The number of nitrogens with one attached hydrogen (secondary N) is 1. The van der Waals surface area contributed by atoms with Gasteiger partial charge >= 0.3 is 0 Å². The molecule has 1 fully saturated rings. The van der Waals surface area contributed by atoms with E-state index in [9.17, 15) is 4.79 Å². The molecule has 5 heteroatoms. The fourth-order valence-corrected chi connectivity index (χ4v) is 3.38. The fraction of sp³-hybridized carbons (Fsp3) is 0.733. The van der Waals surface area contributed by atoms with Crippen LogP contribution in [0.3, 0.4) is 0 Å².